The summed E-state index contributed by atoms with van der Waals surface area (Å²) in [6, 6.07) is 10.3. The molecule has 1 aromatic carbocycles. The van der Waals surface area contributed by atoms with Gasteiger partial charge in [0.25, 0.3) is 5.89 Å². The molecule has 1 heterocycles. The minimum Gasteiger partial charge on any atom is -0.364 e. The molecule has 20 heavy (non-hydrogen) atoms. The fourth-order valence-corrected chi connectivity index (χ4v) is 1.76. The molecule has 2 unspecified atom stereocenters. The molecule has 0 bridgehead atoms. The van der Waals surface area contributed by atoms with E-state index in [1.54, 1.807) is 0 Å². The van der Waals surface area contributed by atoms with E-state index in [0.29, 0.717) is 24.4 Å². The number of likely N-dealkylation sites (N-methyl/N-ethyl adjacent to an activating group) is 1. The predicted octanol–water partition coefficient (Wildman–Crippen LogP) is 2.50. The summed E-state index contributed by atoms with van der Waals surface area (Å²) in [5.74, 6) is 1.23. The van der Waals surface area contributed by atoms with E-state index < -0.39 is 0 Å². The maximum atomic E-state index is 5.75. The molecule has 2 rings (SSSR count). The third-order valence-corrected chi connectivity index (χ3v) is 3.16. The minimum absolute atomic E-state index is 0.207. The lowest BCUT2D eigenvalue weighted by molar-refractivity contribution is 0.0308. The zero-order valence-electron chi connectivity index (χ0n) is 12.2. The van der Waals surface area contributed by atoms with Crippen LogP contribution in [-0.4, -0.2) is 23.2 Å². The molecule has 0 radical (unpaired) electrons. The Morgan fingerprint density at radius 3 is 2.70 bits per heavy atom. The number of hydrogen-bond donors (Lipinski definition) is 1. The molecule has 0 aliphatic heterocycles. The molecule has 2 atom stereocenters. The largest absolute Gasteiger partial charge is 0.364 e. The molecule has 0 aliphatic rings. The van der Waals surface area contributed by atoms with E-state index in [-0.39, 0.29) is 6.10 Å². The van der Waals surface area contributed by atoms with E-state index in [4.69, 9.17) is 9.26 Å². The number of ether oxygens (including phenoxy) is 1. The highest BCUT2D eigenvalue weighted by molar-refractivity contribution is 5.13. The van der Waals surface area contributed by atoms with E-state index in [0.717, 1.165) is 12.0 Å². The third kappa shape index (κ3) is 4.15. The van der Waals surface area contributed by atoms with E-state index in [1.165, 1.54) is 0 Å². The average Bonchev–Trinajstić information content (AvgIpc) is 2.94. The molecular weight excluding hydrogens is 254 g/mol. The van der Waals surface area contributed by atoms with Crippen molar-refractivity contribution in [3.8, 4) is 0 Å². The Bertz CT molecular complexity index is 513. The number of aromatic nitrogens is 2. The molecule has 0 spiro atoms. The molecule has 5 nitrogen and oxygen atoms in total. The van der Waals surface area contributed by atoms with Gasteiger partial charge in [-0.25, -0.2) is 0 Å². The molecule has 2 aromatic rings. The number of nitrogens with one attached hydrogen (secondary N) is 1. The predicted molar refractivity (Wildman–Crippen MR) is 76.2 cm³/mol. The summed E-state index contributed by atoms with van der Waals surface area (Å²) in [5.41, 5.74) is 1.13. The second kappa shape index (κ2) is 7.17. The Hall–Kier alpha value is -1.72. The molecule has 0 aliphatic carbocycles. The maximum Gasteiger partial charge on any atom is 0.255 e. The molecule has 0 saturated heterocycles. The van der Waals surface area contributed by atoms with Gasteiger partial charge in [-0.3, -0.25) is 0 Å². The molecule has 0 fully saturated rings. The van der Waals surface area contributed by atoms with Gasteiger partial charge in [-0.05, 0) is 26.5 Å². The van der Waals surface area contributed by atoms with Gasteiger partial charge >= 0.3 is 0 Å². The van der Waals surface area contributed by atoms with Gasteiger partial charge in [0, 0.05) is 12.5 Å². The summed E-state index contributed by atoms with van der Waals surface area (Å²) in [7, 11) is 1.91. The van der Waals surface area contributed by atoms with Crippen LogP contribution in [0.3, 0.4) is 0 Å². The van der Waals surface area contributed by atoms with Gasteiger partial charge in [0.15, 0.2) is 5.82 Å². The van der Waals surface area contributed by atoms with Crippen LogP contribution in [0.25, 0.3) is 0 Å². The Balaban J connectivity index is 1.88. The van der Waals surface area contributed by atoms with Crippen molar-refractivity contribution in [3.05, 3.63) is 47.6 Å². The van der Waals surface area contributed by atoms with E-state index >= 15 is 0 Å². The van der Waals surface area contributed by atoms with Gasteiger partial charge in [-0.2, -0.15) is 4.98 Å². The van der Waals surface area contributed by atoms with Crippen molar-refractivity contribution in [2.45, 2.75) is 39.0 Å². The fourth-order valence-electron chi connectivity index (χ4n) is 1.76. The fraction of sp³-hybridized carbons (Fsp3) is 0.467. The number of nitrogens with zero attached hydrogens (tertiary/aromatic N) is 2. The first-order chi connectivity index (χ1) is 9.69. The zero-order chi connectivity index (χ0) is 14.4. The molecule has 5 heteroatoms. The Kier molecular flexibility index (Phi) is 5.26. The van der Waals surface area contributed by atoms with Crippen LogP contribution >= 0.6 is 0 Å². The van der Waals surface area contributed by atoms with E-state index in [2.05, 4.69) is 22.4 Å². The van der Waals surface area contributed by atoms with Crippen LogP contribution in [-0.2, 0) is 17.8 Å². The molecule has 1 aromatic heterocycles. The summed E-state index contributed by atoms with van der Waals surface area (Å²) in [6.07, 6.45) is 0.534. The molecule has 0 amide bonds. The molecular formula is C15H21N3O2. The topological polar surface area (TPSA) is 60.2 Å². The van der Waals surface area contributed by atoms with Crippen LogP contribution in [0.5, 0.6) is 0 Å². The average molecular weight is 275 g/mol. The van der Waals surface area contributed by atoms with Crippen molar-refractivity contribution in [2.75, 3.05) is 7.05 Å². The van der Waals surface area contributed by atoms with Crippen LogP contribution < -0.4 is 5.32 Å². The smallest absolute Gasteiger partial charge is 0.255 e. The lowest BCUT2D eigenvalue weighted by Crippen LogP contribution is -2.24. The monoisotopic (exact) mass is 275 g/mol. The summed E-state index contributed by atoms with van der Waals surface area (Å²) in [4.78, 5) is 4.37. The van der Waals surface area contributed by atoms with Crippen LogP contribution in [0.4, 0.5) is 0 Å². The molecule has 108 valence electrons. The van der Waals surface area contributed by atoms with Gasteiger partial charge in [0.1, 0.15) is 6.10 Å². The van der Waals surface area contributed by atoms with Crippen LogP contribution in [0, 0.1) is 0 Å². The van der Waals surface area contributed by atoms with Gasteiger partial charge in [-0.15, -0.1) is 0 Å². The number of hydrogen-bond acceptors (Lipinski definition) is 5. The van der Waals surface area contributed by atoms with Gasteiger partial charge in [0.2, 0.25) is 0 Å². The van der Waals surface area contributed by atoms with Crippen molar-refractivity contribution in [2.24, 2.45) is 0 Å². The first-order valence-corrected chi connectivity index (χ1v) is 6.84. The second-order valence-corrected chi connectivity index (χ2v) is 4.88. The normalized spacial score (nSPS) is 14.2. The quantitative estimate of drug-likeness (QED) is 0.841. The molecule has 1 N–H and O–H groups in total. The highest BCUT2D eigenvalue weighted by Crippen LogP contribution is 2.17. The van der Waals surface area contributed by atoms with Gasteiger partial charge < -0.3 is 14.6 Å². The molecule has 0 saturated carbocycles. The highest BCUT2D eigenvalue weighted by atomic mass is 16.5. The maximum absolute atomic E-state index is 5.75. The van der Waals surface area contributed by atoms with E-state index in [9.17, 15) is 0 Å². The Morgan fingerprint density at radius 2 is 2.00 bits per heavy atom. The second-order valence-electron chi connectivity index (χ2n) is 4.88. The number of rotatable bonds is 7. The van der Waals surface area contributed by atoms with Gasteiger partial charge in [-0.1, -0.05) is 35.5 Å². The number of benzene rings is 1. The lowest BCUT2D eigenvalue weighted by atomic mass is 10.2. The highest BCUT2D eigenvalue weighted by Gasteiger charge is 2.15. The summed E-state index contributed by atoms with van der Waals surface area (Å²) >= 11 is 0. The van der Waals surface area contributed by atoms with Crippen molar-refractivity contribution in [1.29, 1.82) is 0 Å². The minimum atomic E-state index is -0.207. The van der Waals surface area contributed by atoms with Crippen molar-refractivity contribution in [1.82, 2.24) is 15.5 Å². The van der Waals surface area contributed by atoms with E-state index in [1.807, 2.05) is 44.3 Å². The van der Waals surface area contributed by atoms with Crippen molar-refractivity contribution < 1.29 is 9.26 Å². The summed E-state index contributed by atoms with van der Waals surface area (Å²) in [5, 5.41) is 7.12. The van der Waals surface area contributed by atoms with Crippen molar-refractivity contribution in [3.63, 3.8) is 0 Å². The van der Waals surface area contributed by atoms with Crippen LogP contribution in [0.1, 0.15) is 37.2 Å². The first-order valence-electron chi connectivity index (χ1n) is 6.84. The lowest BCUT2D eigenvalue weighted by Gasteiger charge is -2.08. The Morgan fingerprint density at radius 1 is 1.25 bits per heavy atom. The summed E-state index contributed by atoms with van der Waals surface area (Å²) < 4.78 is 11.0. The first kappa shape index (κ1) is 14.7. The van der Waals surface area contributed by atoms with Crippen molar-refractivity contribution >= 4 is 0 Å². The summed E-state index contributed by atoms with van der Waals surface area (Å²) in [6.45, 7) is 4.53. The zero-order valence-corrected chi connectivity index (χ0v) is 12.2. The third-order valence-electron chi connectivity index (χ3n) is 3.16. The Labute approximate surface area is 119 Å². The van der Waals surface area contributed by atoms with Gasteiger partial charge in [0.05, 0.1) is 6.61 Å². The van der Waals surface area contributed by atoms with Crippen LogP contribution in [0.2, 0.25) is 0 Å². The standard InChI is InChI=1S/C15H21N3O2/c1-11(16-3)9-14-17-15(20-18-14)12(2)19-10-13-7-5-4-6-8-13/h4-8,11-12,16H,9-10H2,1-3H3. The SMILES string of the molecule is CNC(C)Cc1noc(C(C)OCc2ccccc2)n1. The van der Waals surface area contributed by atoms with Crippen LogP contribution in [0.15, 0.2) is 34.9 Å².